The van der Waals surface area contributed by atoms with Gasteiger partial charge in [0.2, 0.25) is 5.43 Å². The minimum atomic E-state index is -0.487. The van der Waals surface area contributed by atoms with Gasteiger partial charge in [-0.25, -0.2) is 4.68 Å². The summed E-state index contributed by atoms with van der Waals surface area (Å²) < 4.78 is 1.63. The molecule has 0 fully saturated rings. The first-order valence-electron chi connectivity index (χ1n) is 8.63. The molecule has 0 aliphatic rings. The number of nitrogens with zero attached hydrogens (tertiary/aromatic N) is 2. The molecule has 1 N–H and O–H groups in total. The predicted octanol–water partition coefficient (Wildman–Crippen LogP) is 3.32. The van der Waals surface area contributed by atoms with Crippen LogP contribution in [0.4, 0.5) is 0 Å². The van der Waals surface area contributed by atoms with Crippen LogP contribution in [0.15, 0.2) is 89.7 Å². The van der Waals surface area contributed by atoms with E-state index in [2.05, 4.69) is 10.4 Å². The summed E-state index contributed by atoms with van der Waals surface area (Å²) in [5.41, 5.74) is 1.91. The number of hydrogen-bond acceptors (Lipinski definition) is 3. The van der Waals surface area contributed by atoms with E-state index < -0.39 is 5.91 Å². The Balaban J connectivity index is 1.78. The van der Waals surface area contributed by atoms with Crippen molar-refractivity contribution in [3.8, 4) is 5.69 Å². The van der Waals surface area contributed by atoms with Crippen LogP contribution in [0, 0.1) is 0 Å². The molecule has 1 amide bonds. The van der Waals surface area contributed by atoms with Gasteiger partial charge >= 0.3 is 0 Å². The SMILES string of the molecule is O=C(NCc1ccccc1)c1nn(-c2ccccc2)c2ccccc2c1=O. The van der Waals surface area contributed by atoms with Gasteiger partial charge in [0.25, 0.3) is 5.91 Å². The highest BCUT2D eigenvalue weighted by Crippen LogP contribution is 2.15. The Labute approximate surface area is 155 Å². The molecule has 0 atom stereocenters. The molecule has 4 rings (SSSR count). The number of fused-ring (bicyclic) bond motifs is 1. The third-order valence-electron chi connectivity index (χ3n) is 4.30. The van der Waals surface area contributed by atoms with Gasteiger partial charge in [0.05, 0.1) is 16.6 Å². The minimum Gasteiger partial charge on any atom is -0.346 e. The topological polar surface area (TPSA) is 64.0 Å². The number of amides is 1. The Hall–Kier alpha value is -3.73. The zero-order valence-electron chi connectivity index (χ0n) is 14.5. The molecule has 0 saturated carbocycles. The summed E-state index contributed by atoms with van der Waals surface area (Å²) in [5.74, 6) is -0.487. The van der Waals surface area contributed by atoms with E-state index >= 15 is 0 Å². The molecule has 5 heteroatoms. The Morgan fingerprint density at radius 2 is 1.48 bits per heavy atom. The summed E-state index contributed by atoms with van der Waals surface area (Å²) in [6, 6.07) is 26.2. The monoisotopic (exact) mass is 355 g/mol. The van der Waals surface area contributed by atoms with Crippen LogP contribution in [0.3, 0.4) is 0 Å². The first kappa shape index (κ1) is 16.7. The van der Waals surface area contributed by atoms with E-state index in [4.69, 9.17) is 0 Å². The maximum atomic E-state index is 12.8. The second-order valence-corrected chi connectivity index (χ2v) is 6.11. The fourth-order valence-corrected chi connectivity index (χ4v) is 2.95. The first-order chi connectivity index (χ1) is 13.2. The number of aromatic nitrogens is 2. The fraction of sp³-hybridized carbons (Fsp3) is 0.0455. The highest BCUT2D eigenvalue weighted by molar-refractivity contribution is 5.95. The first-order valence-corrected chi connectivity index (χ1v) is 8.63. The zero-order valence-corrected chi connectivity index (χ0v) is 14.5. The highest BCUT2D eigenvalue weighted by atomic mass is 16.2. The van der Waals surface area contributed by atoms with Gasteiger partial charge in [-0.3, -0.25) is 9.59 Å². The molecule has 0 aliphatic heterocycles. The third-order valence-corrected chi connectivity index (χ3v) is 4.30. The van der Waals surface area contributed by atoms with Crippen molar-refractivity contribution in [3.63, 3.8) is 0 Å². The second kappa shape index (κ2) is 7.25. The lowest BCUT2D eigenvalue weighted by molar-refractivity contribution is 0.0943. The number of carbonyl (C=O) groups excluding carboxylic acids is 1. The standard InChI is InChI=1S/C22H17N3O2/c26-21-18-13-7-8-14-19(18)25(17-11-5-2-6-12-17)24-20(21)22(27)23-15-16-9-3-1-4-10-16/h1-14H,15H2,(H,23,27). The van der Waals surface area contributed by atoms with Gasteiger partial charge in [0.15, 0.2) is 5.69 Å². The zero-order chi connectivity index (χ0) is 18.6. The summed E-state index contributed by atoms with van der Waals surface area (Å²) in [6.07, 6.45) is 0. The second-order valence-electron chi connectivity index (χ2n) is 6.11. The molecule has 1 heterocycles. The number of para-hydroxylation sites is 2. The van der Waals surface area contributed by atoms with E-state index in [1.165, 1.54) is 0 Å². The Bertz CT molecular complexity index is 1150. The molecule has 0 bridgehead atoms. The molecule has 4 aromatic rings. The highest BCUT2D eigenvalue weighted by Gasteiger charge is 2.17. The predicted molar refractivity (Wildman–Crippen MR) is 105 cm³/mol. The van der Waals surface area contributed by atoms with Gasteiger partial charge in [-0.1, -0.05) is 60.7 Å². The smallest absolute Gasteiger partial charge is 0.276 e. The van der Waals surface area contributed by atoms with Crippen LogP contribution < -0.4 is 10.7 Å². The molecule has 5 nitrogen and oxygen atoms in total. The third kappa shape index (κ3) is 3.35. The molecule has 0 radical (unpaired) electrons. The molecule has 0 spiro atoms. The quantitative estimate of drug-likeness (QED) is 0.611. The molecular weight excluding hydrogens is 338 g/mol. The van der Waals surface area contributed by atoms with Crippen molar-refractivity contribution in [3.05, 3.63) is 106 Å². The van der Waals surface area contributed by atoms with Crippen molar-refractivity contribution in [2.45, 2.75) is 6.54 Å². The van der Waals surface area contributed by atoms with E-state index in [9.17, 15) is 9.59 Å². The van der Waals surface area contributed by atoms with Crippen molar-refractivity contribution >= 4 is 16.8 Å². The summed E-state index contributed by atoms with van der Waals surface area (Å²) in [5, 5.41) is 7.62. The van der Waals surface area contributed by atoms with Crippen LogP contribution in [-0.4, -0.2) is 15.7 Å². The number of rotatable bonds is 4. The molecule has 27 heavy (non-hydrogen) atoms. The lowest BCUT2D eigenvalue weighted by atomic mass is 10.1. The van der Waals surface area contributed by atoms with Gasteiger partial charge in [0.1, 0.15) is 0 Å². The van der Waals surface area contributed by atoms with Crippen molar-refractivity contribution in [2.75, 3.05) is 0 Å². The molecule has 3 aromatic carbocycles. The van der Waals surface area contributed by atoms with Crippen LogP contribution in [0.2, 0.25) is 0 Å². The van der Waals surface area contributed by atoms with Gasteiger partial charge in [0, 0.05) is 6.54 Å². The Morgan fingerprint density at radius 1 is 0.852 bits per heavy atom. The van der Waals surface area contributed by atoms with Crippen LogP contribution in [-0.2, 0) is 6.54 Å². The van der Waals surface area contributed by atoms with Gasteiger partial charge in [-0.05, 0) is 29.8 Å². The van der Waals surface area contributed by atoms with Crippen molar-refractivity contribution in [1.29, 1.82) is 0 Å². The fourth-order valence-electron chi connectivity index (χ4n) is 2.95. The molecular formula is C22H17N3O2. The summed E-state index contributed by atoms with van der Waals surface area (Å²) in [7, 11) is 0. The Kier molecular flexibility index (Phi) is 4.49. The summed E-state index contributed by atoms with van der Waals surface area (Å²) >= 11 is 0. The van der Waals surface area contributed by atoms with E-state index in [1.54, 1.807) is 16.8 Å². The van der Waals surface area contributed by atoms with E-state index in [0.717, 1.165) is 11.3 Å². The average Bonchev–Trinajstić information content (AvgIpc) is 2.74. The van der Waals surface area contributed by atoms with Crippen molar-refractivity contribution < 1.29 is 4.79 Å². The van der Waals surface area contributed by atoms with Crippen molar-refractivity contribution in [1.82, 2.24) is 15.1 Å². The number of carbonyl (C=O) groups is 1. The Morgan fingerprint density at radius 3 is 2.22 bits per heavy atom. The van der Waals surface area contributed by atoms with Crippen LogP contribution in [0.1, 0.15) is 16.1 Å². The number of nitrogens with one attached hydrogen (secondary N) is 1. The van der Waals surface area contributed by atoms with E-state index in [1.807, 2.05) is 72.8 Å². The normalized spacial score (nSPS) is 10.7. The lowest BCUT2D eigenvalue weighted by Gasteiger charge is -2.12. The number of benzene rings is 3. The largest absolute Gasteiger partial charge is 0.346 e. The molecule has 0 unspecified atom stereocenters. The maximum Gasteiger partial charge on any atom is 0.276 e. The van der Waals surface area contributed by atoms with E-state index in [-0.39, 0.29) is 11.1 Å². The molecule has 0 aliphatic carbocycles. The average molecular weight is 355 g/mol. The maximum absolute atomic E-state index is 12.8. The minimum absolute atomic E-state index is 0.117. The molecule has 1 aromatic heterocycles. The van der Waals surface area contributed by atoms with Gasteiger partial charge < -0.3 is 5.32 Å². The molecule has 0 saturated heterocycles. The van der Waals surface area contributed by atoms with Crippen LogP contribution in [0.25, 0.3) is 16.6 Å². The molecule has 132 valence electrons. The number of hydrogen-bond donors (Lipinski definition) is 1. The van der Waals surface area contributed by atoms with Gasteiger partial charge in [-0.2, -0.15) is 5.10 Å². The summed E-state index contributed by atoms with van der Waals surface area (Å²) in [4.78, 5) is 25.5. The van der Waals surface area contributed by atoms with E-state index in [0.29, 0.717) is 17.4 Å². The van der Waals surface area contributed by atoms with Crippen molar-refractivity contribution in [2.24, 2.45) is 0 Å². The lowest BCUT2D eigenvalue weighted by Crippen LogP contribution is -2.31. The van der Waals surface area contributed by atoms with Crippen LogP contribution in [0.5, 0.6) is 0 Å². The van der Waals surface area contributed by atoms with Crippen LogP contribution >= 0.6 is 0 Å². The summed E-state index contributed by atoms with van der Waals surface area (Å²) in [6.45, 7) is 0.332. The van der Waals surface area contributed by atoms with Gasteiger partial charge in [-0.15, -0.1) is 0 Å².